The molecule has 4 nitrogen and oxygen atoms in total. The van der Waals surface area contributed by atoms with Crippen molar-refractivity contribution in [2.24, 2.45) is 16.7 Å². The Balaban J connectivity index is 1.65. The van der Waals surface area contributed by atoms with E-state index in [1.54, 1.807) is 0 Å². The second-order valence-electron chi connectivity index (χ2n) is 11.0. The van der Waals surface area contributed by atoms with Gasteiger partial charge in [-0.1, -0.05) is 41.5 Å². The smallest absolute Gasteiger partial charge is 0.309 e. The Hall–Kier alpha value is -0.610. The van der Waals surface area contributed by atoms with Gasteiger partial charge in [0.15, 0.2) is 0 Å². The molecule has 0 radical (unpaired) electrons. The summed E-state index contributed by atoms with van der Waals surface area (Å²) in [4.78, 5) is 15.0. The van der Waals surface area contributed by atoms with Crippen LogP contribution in [-0.2, 0) is 9.53 Å². The minimum atomic E-state index is 0.0616. The summed E-state index contributed by atoms with van der Waals surface area (Å²) in [6.45, 7) is 17.8. The van der Waals surface area contributed by atoms with Gasteiger partial charge in [0.25, 0.3) is 0 Å². The molecule has 1 N–H and O–H groups in total. The zero-order chi connectivity index (χ0) is 19.4. The average Bonchev–Trinajstić information content (AvgIpc) is 2.52. The van der Waals surface area contributed by atoms with Crippen LogP contribution in [0.4, 0.5) is 0 Å². The molecule has 4 heteroatoms. The molecule has 0 amide bonds. The third kappa shape index (κ3) is 7.96. The van der Waals surface area contributed by atoms with Gasteiger partial charge in [0.2, 0.25) is 0 Å². The fourth-order valence-corrected chi connectivity index (χ4v) is 4.09. The van der Waals surface area contributed by atoms with Gasteiger partial charge in [0.1, 0.15) is 6.10 Å². The van der Waals surface area contributed by atoms with Crippen LogP contribution in [0.15, 0.2) is 0 Å². The van der Waals surface area contributed by atoms with E-state index >= 15 is 0 Å². The molecule has 0 bridgehead atoms. The molecule has 1 saturated heterocycles. The van der Waals surface area contributed by atoms with Crippen molar-refractivity contribution < 1.29 is 9.53 Å². The van der Waals surface area contributed by atoms with Crippen LogP contribution < -0.4 is 5.32 Å². The lowest BCUT2D eigenvalue weighted by molar-refractivity contribution is -0.157. The van der Waals surface area contributed by atoms with E-state index in [-0.39, 0.29) is 18.0 Å². The minimum Gasteiger partial charge on any atom is -0.462 e. The fourth-order valence-electron chi connectivity index (χ4n) is 4.09. The normalized spacial score (nSPS) is 26.7. The number of ether oxygens (including phenoxy) is 1. The van der Waals surface area contributed by atoms with E-state index in [0.717, 1.165) is 64.7 Å². The average molecular weight is 367 g/mol. The largest absolute Gasteiger partial charge is 0.462 e. The molecule has 152 valence electrons. The molecule has 1 heterocycles. The maximum absolute atomic E-state index is 12.5. The summed E-state index contributed by atoms with van der Waals surface area (Å²) in [5.41, 5.74) is 0.651. The van der Waals surface area contributed by atoms with Gasteiger partial charge in [-0.05, 0) is 62.4 Å². The van der Waals surface area contributed by atoms with Crippen LogP contribution in [0.1, 0.15) is 80.1 Å². The van der Waals surface area contributed by atoms with Crippen molar-refractivity contribution in [3.05, 3.63) is 0 Å². The molecule has 0 spiro atoms. The van der Waals surface area contributed by atoms with Crippen molar-refractivity contribution in [2.45, 2.75) is 92.2 Å². The summed E-state index contributed by atoms with van der Waals surface area (Å²) >= 11 is 0. The van der Waals surface area contributed by atoms with Crippen molar-refractivity contribution in [3.63, 3.8) is 0 Å². The molecule has 2 fully saturated rings. The first-order valence-corrected chi connectivity index (χ1v) is 10.7. The summed E-state index contributed by atoms with van der Waals surface area (Å²) in [5, 5.41) is 3.68. The number of likely N-dealkylation sites (tertiary alicyclic amines) is 1. The van der Waals surface area contributed by atoms with Gasteiger partial charge < -0.3 is 15.0 Å². The van der Waals surface area contributed by atoms with E-state index < -0.39 is 0 Å². The Morgan fingerprint density at radius 2 is 1.50 bits per heavy atom. The highest BCUT2D eigenvalue weighted by molar-refractivity contribution is 5.72. The highest BCUT2D eigenvalue weighted by atomic mass is 16.5. The van der Waals surface area contributed by atoms with Gasteiger partial charge in [0, 0.05) is 19.1 Å². The van der Waals surface area contributed by atoms with Crippen LogP contribution in [0.2, 0.25) is 0 Å². The predicted molar refractivity (Wildman–Crippen MR) is 108 cm³/mol. The summed E-state index contributed by atoms with van der Waals surface area (Å²) in [5.74, 6) is 0.175. The molecule has 0 aromatic carbocycles. The molecule has 1 aliphatic heterocycles. The van der Waals surface area contributed by atoms with Crippen molar-refractivity contribution in [1.82, 2.24) is 10.2 Å². The second kappa shape index (κ2) is 9.05. The zero-order valence-electron chi connectivity index (χ0n) is 18.1. The van der Waals surface area contributed by atoms with Crippen LogP contribution in [0.25, 0.3) is 0 Å². The summed E-state index contributed by atoms with van der Waals surface area (Å²) in [6.07, 6.45) is 6.32. The number of hydrogen-bond acceptors (Lipinski definition) is 4. The third-order valence-electron chi connectivity index (χ3n) is 5.50. The van der Waals surface area contributed by atoms with Gasteiger partial charge in [-0.3, -0.25) is 4.79 Å². The van der Waals surface area contributed by atoms with Gasteiger partial charge in [0.05, 0.1) is 5.92 Å². The van der Waals surface area contributed by atoms with Gasteiger partial charge in [-0.25, -0.2) is 0 Å². The highest BCUT2D eigenvalue weighted by Gasteiger charge is 2.31. The topological polar surface area (TPSA) is 41.6 Å². The zero-order valence-corrected chi connectivity index (χ0v) is 18.1. The van der Waals surface area contributed by atoms with Crippen LogP contribution in [0, 0.1) is 16.7 Å². The van der Waals surface area contributed by atoms with Gasteiger partial charge in [-0.2, -0.15) is 0 Å². The molecule has 0 aromatic heterocycles. The van der Waals surface area contributed by atoms with E-state index in [2.05, 4.69) is 51.8 Å². The second-order valence-corrected chi connectivity index (χ2v) is 11.0. The van der Waals surface area contributed by atoms with E-state index in [1.165, 1.54) is 0 Å². The molecule has 1 saturated carbocycles. The SMILES string of the molecule is CC(C)(C)CNC1CCC(OC(=O)C2CCN(CC(C)(C)C)CC2)CC1. The third-order valence-corrected chi connectivity index (χ3v) is 5.50. The predicted octanol–water partition coefficient (Wildman–Crippen LogP) is 4.23. The number of carbonyl (C=O) groups excluding carboxylic acids is 1. The summed E-state index contributed by atoms with van der Waals surface area (Å²) < 4.78 is 5.88. The van der Waals surface area contributed by atoms with Crippen LogP contribution in [-0.4, -0.2) is 49.2 Å². The highest BCUT2D eigenvalue weighted by Crippen LogP contribution is 2.26. The first-order chi connectivity index (χ1) is 12.0. The number of esters is 1. The van der Waals surface area contributed by atoms with Gasteiger partial charge in [-0.15, -0.1) is 0 Å². The van der Waals surface area contributed by atoms with Crippen molar-refractivity contribution in [1.29, 1.82) is 0 Å². The van der Waals surface area contributed by atoms with Crippen LogP contribution in [0.3, 0.4) is 0 Å². The molecule has 1 aliphatic carbocycles. The molecule has 0 unspecified atom stereocenters. The number of nitrogens with one attached hydrogen (secondary N) is 1. The van der Waals surface area contributed by atoms with Crippen LogP contribution in [0.5, 0.6) is 0 Å². The first kappa shape index (κ1) is 21.7. The number of carbonyl (C=O) groups is 1. The Morgan fingerprint density at radius 1 is 0.923 bits per heavy atom. The molecule has 26 heavy (non-hydrogen) atoms. The summed E-state index contributed by atoms with van der Waals surface area (Å²) in [6, 6.07) is 0.588. The molecular formula is C22H42N2O2. The fraction of sp³-hybridized carbons (Fsp3) is 0.955. The van der Waals surface area contributed by atoms with E-state index in [1.807, 2.05) is 0 Å². The van der Waals surface area contributed by atoms with Crippen molar-refractivity contribution >= 4 is 5.97 Å². The first-order valence-electron chi connectivity index (χ1n) is 10.7. The molecule has 0 aromatic rings. The number of piperidine rings is 1. The number of hydrogen-bond donors (Lipinski definition) is 1. The Labute approximate surface area is 161 Å². The lowest BCUT2D eigenvalue weighted by Crippen LogP contribution is -2.42. The molecular weight excluding hydrogens is 324 g/mol. The summed E-state index contributed by atoms with van der Waals surface area (Å²) in [7, 11) is 0. The quantitative estimate of drug-likeness (QED) is 0.739. The monoisotopic (exact) mass is 366 g/mol. The Kier molecular flexibility index (Phi) is 7.55. The maximum atomic E-state index is 12.5. The molecule has 0 atom stereocenters. The Morgan fingerprint density at radius 3 is 2.00 bits per heavy atom. The lowest BCUT2D eigenvalue weighted by Gasteiger charge is -2.36. The lowest BCUT2D eigenvalue weighted by atomic mass is 9.90. The van der Waals surface area contributed by atoms with E-state index in [0.29, 0.717) is 16.9 Å². The number of nitrogens with zero attached hydrogens (tertiary/aromatic N) is 1. The van der Waals surface area contributed by atoms with Crippen molar-refractivity contribution in [3.8, 4) is 0 Å². The van der Waals surface area contributed by atoms with Crippen LogP contribution >= 0.6 is 0 Å². The standard InChI is InChI=1S/C22H42N2O2/c1-21(2,3)15-23-18-7-9-19(10-8-18)26-20(25)17-11-13-24(14-12-17)16-22(4,5)6/h17-19,23H,7-16H2,1-6H3. The Bertz CT molecular complexity index is 434. The van der Waals surface area contributed by atoms with E-state index in [4.69, 9.17) is 4.74 Å². The minimum absolute atomic E-state index is 0.0616. The van der Waals surface area contributed by atoms with Gasteiger partial charge >= 0.3 is 5.97 Å². The molecule has 2 aliphatic rings. The van der Waals surface area contributed by atoms with E-state index in [9.17, 15) is 4.79 Å². The van der Waals surface area contributed by atoms with Crippen molar-refractivity contribution in [2.75, 3.05) is 26.2 Å². The molecule has 2 rings (SSSR count). The maximum Gasteiger partial charge on any atom is 0.309 e. The number of rotatable bonds is 5.